The molecule has 0 fully saturated rings. The average Bonchev–Trinajstić information content (AvgIpc) is 2.74. The lowest BCUT2D eigenvalue weighted by atomic mass is 10.2. The van der Waals surface area contributed by atoms with Gasteiger partial charge in [0.25, 0.3) is 0 Å². The van der Waals surface area contributed by atoms with Gasteiger partial charge in [0.05, 0.1) is 0 Å². The monoisotopic (exact) mass is 228 g/mol. The number of halogens is 1. The van der Waals surface area contributed by atoms with Crippen LogP contribution in [0, 0.1) is 5.82 Å². The van der Waals surface area contributed by atoms with Gasteiger partial charge < -0.3 is 5.73 Å². The highest BCUT2D eigenvalue weighted by Gasteiger charge is 2.09. The maximum atomic E-state index is 13.4. The van der Waals surface area contributed by atoms with Gasteiger partial charge in [-0.05, 0) is 24.3 Å². The molecule has 0 aliphatic carbocycles. The van der Waals surface area contributed by atoms with E-state index in [1.54, 1.807) is 24.4 Å². The van der Waals surface area contributed by atoms with Crippen molar-refractivity contribution < 1.29 is 4.39 Å². The molecule has 0 atom stereocenters. The number of aromatic nitrogens is 3. The Kier molecular flexibility index (Phi) is 2.04. The zero-order valence-corrected chi connectivity index (χ0v) is 8.84. The van der Waals surface area contributed by atoms with Crippen molar-refractivity contribution in [2.75, 3.05) is 5.73 Å². The van der Waals surface area contributed by atoms with Crippen LogP contribution in [0.3, 0.4) is 0 Å². The van der Waals surface area contributed by atoms with Crippen molar-refractivity contribution in [3.8, 4) is 11.4 Å². The van der Waals surface area contributed by atoms with Gasteiger partial charge >= 0.3 is 0 Å². The lowest BCUT2D eigenvalue weighted by Crippen LogP contribution is -1.88. The number of rotatable bonds is 1. The van der Waals surface area contributed by atoms with Gasteiger partial charge in [-0.1, -0.05) is 12.1 Å². The number of pyridine rings is 1. The van der Waals surface area contributed by atoms with Gasteiger partial charge in [0.15, 0.2) is 17.3 Å². The van der Waals surface area contributed by atoms with Gasteiger partial charge in [0.1, 0.15) is 0 Å². The van der Waals surface area contributed by atoms with Crippen molar-refractivity contribution >= 4 is 11.3 Å². The number of nitrogen functional groups attached to an aromatic ring is 1. The Labute approximate surface area is 96.5 Å². The fourth-order valence-electron chi connectivity index (χ4n) is 1.67. The van der Waals surface area contributed by atoms with Crippen LogP contribution in [0.25, 0.3) is 17.0 Å². The smallest absolute Gasteiger partial charge is 0.191 e. The van der Waals surface area contributed by atoms with Gasteiger partial charge in [0, 0.05) is 17.4 Å². The minimum absolute atomic E-state index is 0.213. The number of hydrogen-bond acceptors (Lipinski definition) is 3. The van der Waals surface area contributed by atoms with Crippen LogP contribution in [0.4, 0.5) is 10.1 Å². The minimum Gasteiger partial charge on any atom is -0.399 e. The van der Waals surface area contributed by atoms with Crippen LogP contribution in [0.5, 0.6) is 0 Å². The summed E-state index contributed by atoms with van der Waals surface area (Å²) in [6.07, 6.45) is 1.65. The van der Waals surface area contributed by atoms with E-state index < -0.39 is 5.82 Å². The molecule has 0 aliphatic rings. The van der Waals surface area contributed by atoms with Crippen molar-refractivity contribution in [1.29, 1.82) is 0 Å². The van der Waals surface area contributed by atoms with Crippen molar-refractivity contribution in [3.63, 3.8) is 0 Å². The molecule has 5 heteroatoms. The molecule has 0 amide bonds. The van der Waals surface area contributed by atoms with E-state index in [2.05, 4.69) is 10.1 Å². The van der Waals surface area contributed by atoms with Crippen molar-refractivity contribution in [2.45, 2.75) is 0 Å². The second-order valence-electron chi connectivity index (χ2n) is 3.69. The van der Waals surface area contributed by atoms with Crippen LogP contribution in [0.1, 0.15) is 0 Å². The molecule has 3 rings (SSSR count). The van der Waals surface area contributed by atoms with Gasteiger partial charge in [-0.3, -0.25) is 0 Å². The molecule has 2 aromatic heterocycles. The molecule has 0 unspecified atom stereocenters. The molecule has 0 aliphatic heterocycles. The first kappa shape index (κ1) is 9.77. The predicted octanol–water partition coefficient (Wildman–Crippen LogP) is 2.12. The third-order valence-corrected chi connectivity index (χ3v) is 2.46. The number of nitrogens with zero attached hydrogens (tertiary/aromatic N) is 3. The van der Waals surface area contributed by atoms with Crippen LogP contribution in [0.2, 0.25) is 0 Å². The van der Waals surface area contributed by atoms with E-state index in [4.69, 9.17) is 5.73 Å². The third kappa shape index (κ3) is 1.61. The van der Waals surface area contributed by atoms with Gasteiger partial charge in [-0.15, -0.1) is 5.10 Å². The molecule has 0 bridgehead atoms. The van der Waals surface area contributed by atoms with Crippen molar-refractivity contribution in [2.24, 2.45) is 0 Å². The highest BCUT2D eigenvalue weighted by atomic mass is 19.1. The summed E-state index contributed by atoms with van der Waals surface area (Å²) in [7, 11) is 0. The normalized spacial score (nSPS) is 10.9. The van der Waals surface area contributed by atoms with Crippen LogP contribution in [-0.2, 0) is 0 Å². The van der Waals surface area contributed by atoms with Gasteiger partial charge in [-0.25, -0.2) is 13.9 Å². The summed E-state index contributed by atoms with van der Waals surface area (Å²) in [5.41, 5.74) is 7.29. The Morgan fingerprint density at radius 2 is 2.06 bits per heavy atom. The van der Waals surface area contributed by atoms with E-state index in [0.29, 0.717) is 11.5 Å². The highest BCUT2D eigenvalue weighted by Crippen LogP contribution is 2.19. The molecule has 1 aromatic carbocycles. The standard InChI is InChI=1S/C12H9FN4/c13-10-5-2-6-17-12(10)15-11(16-17)8-3-1-4-9(14)7-8/h1-7H,14H2. The first-order valence-corrected chi connectivity index (χ1v) is 5.11. The quantitative estimate of drug-likeness (QED) is 0.649. The highest BCUT2D eigenvalue weighted by molar-refractivity contribution is 5.62. The Morgan fingerprint density at radius 3 is 2.82 bits per heavy atom. The second kappa shape index (κ2) is 3.55. The zero-order chi connectivity index (χ0) is 11.8. The second-order valence-corrected chi connectivity index (χ2v) is 3.69. The summed E-state index contributed by atoms with van der Waals surface area (Å²) >= 11 is 0. The van der Waals surface area contributed by atoms with E-state index in [1.807, 2.05) is 12.1 Å². The summed E-state index contributed by atoms with van der Waals surface area (Å²) in [4.78, 5) is 4.14. The summed E-state index contributed by atoms with van der Waals surface area (Å²) in [5.74, 6) is 0.0672. The predicted molar refractivity (Wildman–Crippen MR) is 62.8 cm³/mol. The number of hydrogen-bond donors (Lipinski definition) is 1. The number of anilines is 1. The first-order valence-electron chi connectivity index (χ1n) is 5.11. The summed E-state index contributed by atoms with van der Waals surface area (Å²) < 4.78 is 14.9. The third-order valence-electron chi connectivity index (χ3n) is 2.46. The van der Waals surface area contributed by atoms with E-state index in [1.165, 1.54) is 10.6 Å². The first-order chi connectivity index (χ1) is 8.24. The zero-order valence-electron chi connectivity index (χ0n) is 8.84. The maximum absolute atomic E-state index is 13.4. The van der Waals surface area contributed by atoms with E-state index in [9.17, 15) is 4.39 Å². The van der Waals surface area contributed by atoms with Crippen LogP contribution >= 0.6 is 0 Å². The number of fused-ring (bicyclic) bond motifs is 1. The number of nitrogens with two attached hydrogens (primary N) is 1. The van der Waals surface area contributed by atoms with E-state index in [-0.39, 0.29) is 5.65 Å². The molecule has 0 saturated carbocycles. The molecule has 0 radical (unpaired) electrons. The fourth-order valence-corrected chi connectivity index (χ4v) is 1.67. The van der Waals surface area contributed by atoms with Crippen LogP contribution < -0.4 is 5.73 Å². The molecular weight excluding hydrogens is 219 g/mol. The topological polar surface area (TPSA) is 56.2 Å². The minimum atomic E-state index is -0.393. The molecule has 0 saturated heterocycles. The van der Waals surface area contributed by atoms with Crippen molar-refractivity contribution in [3.05, 3.63) is 48.4 Å². The van der Waals surface area contributed by atoms with Crippen LogP contribution in [-0.4, -0.2) is 14.6 Å². The Morgan fingerprint density at radius 1 is 1.18 bits per heavy atom. The van der Waals surface area contributed by atoms with E-state index >= 15 is 0 Å². The Bertz CT molecular complexity index is 690. The molecular formula is C12H9FN4. The van der Waals surface area contributed by atoms with E-state index in [0.717, 1.165) is 5.56 Å². The largest absolute Gasteiger partial charge is 0.399 e. The summed E-state index contributed by atoms with van der Waals surface area (Å²) in [6, 6.07) is 10.1. The average molecular weight is 228 g/mol. The van der Waals surface area contributed by atoms with Crippen molar-refractivity contribution in [1.82, 2.24) is 14.6 Å². The Hall–Kier alpha value is -2.43. The molecule has 2 N–H and O–H groups in total. The summed E-state index contributed by atoms with van der Waals surface area (Å²) in [5, 5.41) is 4.19. The molecule has 84 valence electrons. The molecule has 2 heterocycles. The molecule has 17 heavy (non-hydrogen) atoms. The summed E-state index contributed by atoms with van der Waals surface area (Å²) in [6.45, 7) is 0. The SMILES string of the molecule is Nc1cccc(-c2nc3c(F)cccn3n2)c1. The number of benzene rings is 1. The molecule has 0 spiro atoms. The molecule has 3 aromatic rings. The fraction of sp³-hybridized carbons (Fsp3) is 0. The van der Waals surface area contributed by atoms with Gasteiger partial charge in [-0.2, -0.15) is 0 Å². The Balaban J connectivity index is 2.22. The lowest BCUT2D eigenvalue weighted by Gasteiger charge is -1.95. The maximum Gasteiger partial charge on any atom is 0.191 e. The lowest BCUT2D eigenvalue weighted by molar-refractivity contribution is 0.627. The van der Waals surface area contributed by atoms with Crippen LogP contribution in [0.15, 0.2) is 42.6 Å². The molecule has 4 nitrogen and oxygen atoms in total. The van der Waals surface area contributed by atoms with Gasteiger partial charge in [0.2, 0.25) is 0 Å².